The van der Waals surface area contributed by atoms with Crippen LogP contribution in [0.4, 0.5) is 0 Å². The molecule has 0 bridgehead atoms. The van der Waals surface area contributed by atoms with Crippen LogP contribution < -0.4 is 10.1 Å². The van der Waals surface area contributed by atoms with Crippen molar-refractivity contribution in [3.05, 3.63) is 95.8 Å². The van der Waals surface area contributed by atoms with Gasteiger partial charge in [0.05, 0.1) is 18.9 Å². The van der Waals surface area contributed by atoms with Crippen molar-refractivity contribution in [1.29, 1.82) is 0 Å². The Morgan fingerprint density at radius 1 is 1.00 bits per heavy atom. The molecular weight excluding hydrogens is 476 g/mol. The molecule has 4 rings (SSSR count). The molecule has 0 radical (unpaired) electrons. The third-order valence-electron chi connectivity index (χ3n) is 5.33. The SMILES string of the molecule is COc1cccc(CSc2nnc(C(C)NC(=O)CSc3ccccc3)n2-c2ccc(C)cc2)c1. The van der Waals surface area contributed by atoms with Crippen LogP contribution in [0.25, 0.3) is 5.69 Å². The maximum atomic E-state index is 12.7. The van der Waals surface area contributed by atoms with Crippen LogP contribution in [-0.4, -0.2) is 33.5 Å². The molecule has 1 aromatic heterocycles. The summed E-state index contributed by atoms with van der Waals surface area (Å²) in [5.74, 6) is 2.53. The first-order valence-electron chi connectivity index (χ1n) is 11.3. The van der Waals surface area contributed by atoms with Crippen LogP contribution in [0, 0.1) is 6.92 Å². The number of hydrogen-bond donors (Lipinski definition) is 1. The number of aryl methyl sites for hydroxylation is 1. The van der Waals surface area contributed by atoms with Gasteiger partial charge in [0.15, 0.2) is 11.0 Å². The average molecular weight is 505 g/mol. The van der Waals surface area contributed by atoms with Crippen LogP contribution in [0.1, 0.15) is 29.9 Å². The summed E-state index contributed by atoms with van der Waals surface area (Å²) in [4.78, 5) is 13.7. The molecule has 0 spiro atoms. The number of nitrogens with zero attached hydrogens (tertiary/aromatic N) is 3. The lowest BCUT2D eigenvalue weighted by atomic mass is 10.2. The van der Waals surface area contributed by atoms with Gasteiger partial charge in [-0.15, -0.1) is 22.0 Å². The number of carbonyl (C=O) groups excluding carboxylic acids is 1. The summed E-state index contributed by atoms with van der Waals surface area (Å²) in [6, 6.07) is 25.8. The zero-order valence-electron chi connectivity index (χ0n) is 20.0. The summed E-state index contributed by atoms with van der Waals surface area (Å²) in [7, 11) is 1.67. The van der Waals surface area contributed by atoms with E-state index in [0.29, 0.717) is 11.6 Å². The molecule has 0 saturated carbocycles. The number of benzene rings is 3. The van der Waals surface area contributed by atoms with Crippen molar-refractivity contribution in [2.45, 2.75) is 35.7 Å². The third kappa shape index (κ3) is 6.68. The Kier molecular flexibility index (Phi) is 8.50. The van der Waals surface area contributed by atoms with E-state index in [-0.39, 0.29) is 11.9 Å². The second kappa shape index (κ2) is 12.0. The minimum Gasteiger partial charge on any atom is -0.497 e. The molecule has 1 N–H and O–H groups in total. The van der Waals surface area contributed by atoms with Crippen LogP contribution in [-0.2, 0) is 10.5 Å². The molecule has 180 valence electrons. The van der Waals surface area contributed by atoms with Crippen LogP contribution in [0.15, 0.2) is 88.9 Å². The molecule has 1 amide bonds. The lowest BCUT2D eigenvalue weighted by molar-refractivity contribution is -0.119. The van der Waals surface area contributed by atoms with Crippen molar-refractivity contribution in [2.75, 3.05) is 12.9 Å². The van der Waals surface area contributed by atoms with Gasteiger partial charge < -0.3 is 10.1 Å². The van der Waals surface area contributed by atoms with Gasteiger partial charge in [-0.25, -0.2) is 0 Å². The monoisotopic (exact) mass is 504 g/mol. The molecule has 0 aliphatic rings. The quantitative estimate of drug-likeness (QED) is 0.273. The van der Waals surface area contributed by atoms with E-state index in [1.54, 1.807) is 18.9 Å². The van der Waals surface area contributed by atoms with Crippen molar-refractivity contribution in [1.82, 2.24) is 20.1 Å². The Balaban J connectivity index is 1.52. The Labute approximate surface area is 214 Å². The second-order valence-electron chi connectivity index (χ2n) is 8.04. The summed E-state index contributed by atoms with van der Waals surface area (Å²) in [5.41, 5.74) is 3.27. The van der Waals surface area contributed by atoms with E-state index in [2.05, 4.69) is 52.8 Å². The first-order chi connectivity index (χ1) is 17.0. The summed E-state index contributed by atoms with van der Waals surface area (Å²) in [5, 5.41) is 12.8. The number of methoxy groups -OCH3 is 1. The first-order valence-corrected chi connectivity index (χ1v) is 13.3. The number of nitrogens with one attached hydrogen (secondary N) is 1. The predicted octanol–water partition coefficient (Wildman–Crippen LogP) is 5.85. The van der Waals surface area contributed by atoms with E-state index < -0.39 is 0 Å². The lowest BCUT2D eigenvalue weighted by Gasteiger charge is -2.16. The zero-order chi connectivity index (χ0) is 24.6. The Morgan fingerprint density at radius 2 is 1.77 bits per heavy atom. The molecule has 6 nitrogen and oxygen atoms in total. The molecule has 0 fully saturated rings. The van der Waals surface area contributed by atoms with Crippen molar-refractivity contribution in [3.63, 3.8) is 0 Å². The lowest BCUT2D eigenvalue weighted by Crippen LogP contribution is -2.30. The van der Waals surface area contributed by atoms with Gasteiger partial charge >= 0.3 is 0 Å². The van der Waals surface area contributed by atoms with Crippen molar-refractivity contribution < 1.29 is 9.53 Å². The number of rotatable bonds is 10. The van der Waals surface area contributed by atoms with E-state index in [1.165, 1.54) is 17.3 Å². The molecule has 4 aromatic rings. The third-order valence-corrected chi connectivity index (χ3v) is 7.34. The van der Waals surface area contributed by atoms with Crippen LogP contribution in [0.3, 0.4) is 0 Å². The minimum absolute atomic E-state index is 0.0459. The molecule has 1 unspecified atom stereocenters. The maximum absolute atomic E-state index is 12.7. The highest BCUT2D eigenvalue weighted by atomic mass is 32.2. The van der Waals surface area contributed by atoms with E-state index in [4.69, 9.17) is 4.74 Å². The second-order valence-corrected chi connectivity index (χ2v) is 10.0. The highest BCUT2D eigenvalue weighted by Gasteiger charge is 2.21. The molecule has 3 aromatic carbocycles. The normalized spacial score (nSPS) is 11.7. The number of amides is 1. The number of aromatic nitrogens is 3. The summed E-state index contributed by atoms with van der Waals surface area (Å²) in [6.07, 6.45) is 0. The number of thioether (sulfide) groups is 2. The highest BCUT2D eigenvalue weighted by Crippen LogP contribution is 2.29. The number of hydrogen-bond acceptors (Lipinski definition) is 6. The summed E-state index contributed by atoms with van der Waals surface area (Å²) >= 11 is 3.11. The molecule has 0 aliphatic heterocycles. The fourth-order valence-electron chi connectivity index (χ4n) is 3.52. The predicted molar refractivity (Wildman–Crippen MR) is 142 cm³/mol. The van der Waals surface area contributed by atoms with Gasteiger partial charge in [-0.1, -0.05) is 59.8 Å². The van der Waals surface area contributed by atoms with Crippen LogP contribution in [0.2, 0.25) is 0 Å². The molecule has 0 saturated heterocycles. The number of carbonyl (C=O) groups is 1. The van der Waals surface area contributed by atoms with Crippen molar-refractivity contribution in [3.8, 4) is 11.4 Å². The molecular formula is C27H28N4O2S2. The Bertz CT molecular complexity index is 1260. The molecule has 0 aliphatic carbocycles. The Morgan fingerprint density at radius 3 is 2.51 bits per heavy atom. The largest absolute Gasteiger partial charge is 0.497 e. The Hall–Kier alpha value is -3.23. The standard InChI is InChI=1S/C27H28N4O2S2/c1-19-12-14-22(15-13-19)31-26(20(2)28-25(32)18-34-24-10-5-4-6-11-24)29-30-27(31)35-17-21-8-7-9-23(16-21)33-3/h4-16,20H,17-18H2,1-3H3,(H,28,32). The van der Waals surface area contributed by atoms with E-state index >= 15 is 0 Å². The highest BCUT2D eigenvalue weighted by molar-refractivity contribution is 8.00. The van der Waals surface area contributed by atoms with Gasteiger partial charge in [-0.2, -0.15) is 0 Å². The van der Waals surface area contributed by atoms with Gasteiger partial charge in [0.25, 0.3) is 0 Å². The summed E-state index contributed by atoms with van der Waals surface area (Å²) < 4.78 is 7.37. The van der Waals surface area contributed by atoms with Gasteiger partial charge in [0.2, 0.25) is 5.91 Å². The van der Waals surface area contributed by atoms with E-state index in [0.717, 1.165) is 32.8 Å². The number of ether oxygens (including phenoxy) is 1. The van der Waals surface area contributed by atoms with Gasteiger partial charge in [0, 0.05) is 16.3 Å². The summed E-state index contributed by atoms with van der Waals surface area (Å²) in [6.45, 7) is 4.00. The fraction of sp³-hybridized carbons (Fsp3) is 0.222. The van der Waals surface area contributed by atoms with Gasteiger partial charge in [0.1, 0.15) is 5.75 Å². The van der Waals surface area contributed by atoms with E-state index in [1.807, 2.05) is 60.0 Å². The maximum Gasteiger partial charge on any atom is 0.230 e. The van der Waals surface area contributed by atoms with Crippen LogP contribution >= 0.6 is 23.5 Å². The first kappa shape index (κ1) is 24.9. The zero-order valence-corrected chi connectivity index (χ0v) is 21.6. The smallest absolute Gasteiger partial charge is 0.230 e. The average Bonchev–Trinajstić information content (AvgIpc) is 3.31. The van der Waals surface area contributed by atoms with Gasteiger partial charge in [-0.05, 0) is 55.8 Å². The van der Waals surface area contributed by atoms with Crippen molar-refractivity contribution in [2.24, 2.45) is 0 Å². The van der Waals surface area contributed by atoms with Gasteiger partial charge in [-0.3, -0.25) is 9.36 Å². The topological polar surface area (TPSA) is 69.0 Å². The van der Waals surface area contributed by atoms with E-state index in [9.17, 15) is 4.79 Å². The molecule has 35 heavy (non-hydrogen) atoms. The van der Waals surface area contributed by atoms with Crippen LogP contribution in [0.5, 0.6) is 5.75 Å². The minimum atomic E-state index is -0.307. The molecule has 1 atom stereocenters. The molecule has 8 heteroatoms. The molecule has 1 heterocycles. The van der Waals surface area contributed by atoms with Crippen molar-refractivity contribution >= 4 is 29.4 Å². The fourth-order valence-corrected chi connectivity index (χ4v) is 5.15.